The van der Waals surface area contributed by atoms with Crippen molar-refractivity contribution in [2.45, 2.75) is 6.54 Å². The molecular formula is C22H22N2O4. The minimum atomic E-state index is -0.289. The Morgan fingerprint density at radius 1 is 1.11 bits per heavy atom. The number of hydrogen-bond donors (Lipinski definition) is 2. The van der Waals surface area contributed by atoms with Crippen LogP contribution >= 0.6 is 0 Å². The molecule has 2 aromatic carbocycles. The third-order valence-electron chi connectivity index (χ3n) is 3.47. The van der Waals surface area contributed by atoms with Crippen LogP contribution < -0.4 is 20.3 Å². The lowest BCUT2D eigenvalue weighted by atomic mass is 10.2. The number of carbonyl (C=O) groups excluding carboxylic acids is 1. The molecule has 0 aliphatic rings. The number of ether oxygens (including phenoxy) is 3. The zero-order chi connectivity index (χ0) is 20.0. The minimum Gasteiger partial charge on any atom is -0.493 e. The van der Waals surface area contributed by atoms with E-state index >= 15 is 0 Å². The second-order valence-corrected chi connectivity index (χ2v) is 5.54. The molecule has 2 aromatic rings. The van der Waals surface area contributed by atoms with E-state index in [0.29, 0.717) is 18.0 Å². The molecule has 0 unspecified atom stereocenters. The number of carbonyl (C=O) groups is 1. The number of benzene rings is 2. The van der Waals surface area contributed by atoms with Gasteiger partial charge in [-0.3, -0.25) is 10.2 Å². The molecule has 0 saturated carbocycles. The Morgan fingerprint density at radius 3 is 2.68 bits per heavy atom. The van der Waals surface area contributed by atoms with Gasteiger partial charge in [-0.15, -0.1) is 6.42 Å². The molecule has 2 rings (SSSR count). The van der Waals surface area contributed by atoms with E-state index in [1.807, 2.05) is 36.4 Å². The molecule has 1 amide bonds. The highest BCUT2D eigenvalue weighted by Gasteiger charge is 2.06. The zero-order valence-electron chi connectivity index (χ0n) is 15.7. The van der Waals surface area contributed by atoms with Crippen molar-refractivity contribution in [3.8, 4) is 35.7 Å². The first-order valence-electron chi connectivity index (χ1n) is 8.59. The van der Waals surface area contributed by atoms with Gasteiger partial charge in [-0.2, -0.15) is 0 Å². The van der Waals surface area contributed by atoms with E-state index in [1.165, 1.54) is 0 Å². The lowest BCUT2D eigenvalue weighted by molar-refractivity contribution is -0.126. The van der Waals surface area contributed by atoms with Gasteiger partial charge in [0.25, 0.3) is 5.91 Å². The van der Waals surface area contributed by atoms with E-state index in [0.717, 1.165) is 11.1 Å². The summed E-state index contributed by atoms with van der Waals surface area (Å²) in [6.45, 7) is 0.669. The van der Waals surface area contributed by atoms with Crippen molar-refractivity contribution >= 4 is 5.91 Å². The second-order valence-electron chi connectivity index (χ2n) is 5.54. The van der Waals surface area contributed by atoms with Crippen LogP contribution in [0.1, 0.15) is 11.1 Å². The molecule has 6 nitrogen and oxygen atoms in total. The van der Waals surface area contributed by atoms with Crippen LogP contribution in [0.25, 0.3) is 0 Å². The number of hydrazine groups is 1. The maximum absolute atomic E-state index is 11.8. The topological polar surface area (TPSA) is 68.8 Å². The van der Waals surface area contributed by atoms with Crippen molar-refractivity contribution in [2.75, 3.05) is 26.9 Å². The summed E-state index contributed by atoms with van der Waals surface area (Å²) in [5, 5.41) is 0. The highest BCUT2D eigenvalue weighted by Crippen LogP contribution is 2.27. The predicted molar refractivity (Wildman–Crippen MR) is 106 cm³/mol. The number of nitrogens with one attached hydrogen (secondary N) is 2. The molecule has 0 radical (unpaired) electrons. The van der Waals surface area contributed by atoms with Crippen LogP contribution in [0.4, 0.5) is 0 Å². The van der Waals surface area contributed by atoms with Gasteiger partial charge in [-0.1, -0.05) is 42.0 Å². The monoisotopic (exact) mass is 378 g/mol. The van der Waals surface area contributed by atoms with Crippen molar-refractivity contribution in [3.05, 3.63) is 59.7 Å². The molecule has 0 aliphatic heterocycles. The summed E-state index contributed by atoms with van der Waals surface area (Å²) in [6.07, 6.45) is 5.19. The molecular weight excluding hydrogens is 356 g/mol. The lowest BCUT2D eigenvalue weighted by Crippen LogP contribution is -2.39. The van der Waals surface area contributed by atoms with Gasteiger partial charge in [-0.25, -0.2) is 5.43 Å². The maximum atomic E-state index is 11.8. The van der Waals surface area contributed by atoms with Crippen LogP contribution in [0.5, 0.6) is 11.5 Å². The van der Waals surface area contributed by atoms with Crippen LogP contribution in [-0.4, -0.2) is 32.8 Å². The van der Waals surface area contributed by atoms with Crippen LogP contribution in [0.15, 0.2) is 48.5 Å². The molecule has 2 N–H and O–H groups in total. The van der Waals surface area contributed by atoms with Crippen molar-refractivity contribution in [1.29, 1.82) is 0 Å². The summed E-state index contributed by atoms with van der Waals surface area (Å²) in [4.78, 5) is 11.8. The predicted octanol–water partition coefficient (Wildman–Crippen LogP) is 1.90. The lowest BCUT2D eigenvalue weighted by Gasteiger charge is -2.11. The number of terminal acetylenes is 1. The van der Waals surface area contributed by atoms with Crippen molar-refractivity contribution in [2.24, 2.45) is 0 Å². The Labute approximate surface area is 165 Å². The third-order valence-corrected chi connectivity index (χ3v) is 3.47. The highest BCUT2D eigenvalue weighted by atomic mass is 16.5. The summed E-state index contributed by atoms with van der Waals surface area (Å²) in [6, 6.07) is 15.0. The second kappa shape index (κ2) is 12.0. The number of methoxy groups -OCH3 is 1. The van der Waals surface area contributed by atoms with E-state index in [9.17, 15) is 4.79 Å². The molecule has 0 atom stereocenters. The fourth-order valence-corrected chi connectivity index (χ4v) is 2.20. The normalized spacial score (nSPS) is 9.57. The van der Waals surface area contributed by atoms with Crippen LogP contribution in [0.3, 0.4) is 0 Å². The Balaban J connectivity index is 1.68. The van der Waals surface area contributed by atoms with E-state index in [2.05, 4.69) is 28.6 Å². The third kappa shape index (κ3) is 7.43. The quantitative estimate of drug-likeness (QED) is 0.396. The fourth-order valence-electron chi connectivity index (χ4n) is 2.20. The molecule has 144 valence electrons. The van der Waals surface area contributed by atoms with Gasteiger partial charge in [0.1, 0.15) is 19.8 Å². The zero-order valence-corrected chi connectivity index (χ0v) is 15.7. The van der Waals surface area contributed by atoms with Gasteiger partial charge in [0.2, 0.25) is 0 Å². The molecule has 6 heteroatoms. The largest absolute Gasteiger partial charge is 0.493 e. The Kier molecular flexibility index (Phi) is 8.96. The average molecular weight is 378 g/mol. The highest BCUT2D eigenvalue weighted by molar-refractivity contribution is 5.76. The number of amides is 1. The minimum absolute atomic E-state index is 0.0847. The van der Waals surface area contributed by atoms with Gasteiger partial charge in [-0.05, 0) is 29.8 Å². The van der Waals surface area contributed by atoms with Crippen molar-refractivity contribution in [1.82, 2.24) is 10.9 Å². The van der Waals surface area contributed by atoms with Gasteiger partial charge in [0, 0.05) is 12.1 Å². The SMILES string of the molecule is C#CCOc1ccc(CNNC(=O)COCC#Cc2ccccc2)cc1OC. The van der Waals surface area contributed by atoms with Crippen molar-refractivity contribution in [3.63, 3.8) is 0 Å². The molecule has 0 bridgehead atoms. The van der Waals surface area contributed by atoms with Crippen LogP contribution in [0, 0.1) is 24.2 Å². The first-order chi connectivity index (χ1) is 13.7. The molecule has 0 heterocycles. The Bertz CT molecular complexity index is 864. The van der Waals surface area contributed by atoms with Gasteiger partial charge in [0.15, 0.2) is 11.5 Å². The summed E-state index contributed by atoms with van der Waals surface area (Å²) in [5.74, 6) is 9.07. The summed E-state index contributed by atoms with van der Waals surface area (Å²) >= 11 is 0. The molecule has 0 fully saturated rings. The first-order valence-corrected chi connectivity index (χ1v) is 8.59. The number of rotatable bonds is 9. The molecule has 0 saturated heterocycles. The summed E-state index contributed by atoms with van der Waals surface area (Å²) in [7, 11) is 1.55. The van der Waals surface area contributed by atoms with E-state index < -0.39 is 0 Å². The molecule has 0 spiro atoms. The van der Waals surface area contributed by atoms with Gasteiger partial charge in [0.05, 0.1) is 7.11 Å². The first kappa shape index (κ1) is 20.9. The van der Waals surface area contributed by atoms with E-state index in [4.69, 9.17) is 20.6 Å². The fraction of sp³-hybridized carbons (Fsp3) is 0.227. The van der Waals surface area contributed by atoms with E-state index in [1.54, 1.807) is 19.2 Å². The van der Waals surface area contributed by atoms with Crippen LogP contribution in [0.2, 0.25) is 0 Å². The molecule has 0 aromatic heterocycles. The smallest absolute Gasteiger partial charge is 0.260 e. The van der Waals surface area contributed by atoms with Crippen LogP contribution in [-0.2, 0) is 16.1 Å². The maximum Gasteiger partial charge on any atom is 0.260 e. The molecule has 0 aliphatic carbocycles. The summed E-state index contributed by atoms with van der Waals surface area (Å²) in [5.41, 5.74) is 7.21. The van der Waals surface area contributed by atoms with Crippen molar-refractivity contribution < 1.29 is 19.0 Å². The van der Waals surface area contributed by atoms with Gasteiger partial charge < -0.3 is 14.2 Å². The Hall–Kier alpha value is -3.45. The standard InChI is InChI=1S/C22H22N2O4/c1-3-13-28-20-12-11-19(15-21(20)26-2)16-23-24-22(25)17-27-14-7-10-18-8-5-4-6-9-18/h1,4-6,8-9,11-12,15,23H,13-14,16-17H2,2H3,(H,24,25). The summed E-state index contributed by atoms with van der Waals surface area (Å²) < 4.78 is 15.9. The van der Waals surface area contributed by atoms with Gasteiger partial charge >= 0.3 is 0 Å². The van der Waals surface area contributed by atoms with E-state index in [-0.39, 0.29) is 25.7 Å². The average Bonchev–Trinajstić information content (AvgIpc) is 2.73. The Morgan fingerprint density at radius 2 is 1.93 bits per heavy atom. The molecule has 28 heavy (non-hydrogen) atoms. The number of hydrogen-bond acceptors (Lipinski definition) is 5.